The Kier molecular flexibility index (Phi) is 4.05. The van der Waals surface area contributed by atoms with Gasteiger partial charge in [-0.15, -0.1) is 0 Å². The highest BCUT2D eigenvalue weighted by atomic mass is 16.5. The number of fused-ring (bicyclic) bond motifs is 1. The van der Waals surface area contributed by atoms with Crippen LogP contribution in [0, 0.1) is 0 Å². The van der Waals surface area contributed by atoms with Crippen LogP contribution in [-0.2, 0) is 14.3 Å². The number of H-pyrrole nitrogens is 1. The number of hydrogen-bond donors (Lipinski definition) is 4. The Balaban J connectivity index is 1.96. The molecule has 0 radical (unpaired) electrons. The van der Waals surface area contributed by atoms with E-state index in [4.69, 9.17) is 9.84 Å². The van der Waals surface area contributed by atoms with Gasteiger partial charge in [-0.25, -0.2) is 9.78 Å². The number of ketones is 1. The van der Waals surface area contributed by atoms with E-state index in [0.717, 1.165) is 5.39 Å². The molecule has 4 N–H and O–H groups in total. The Morgan fingerprint density at radius 1 is 1.54 bits per heavy atom. The Hall–Kier alpha value is -3.13. The number of rotatable bonds is 5. The minimum Gasteiger partial charge on any atom is -0.477 e. The molecule has 1 aliphatic heterocycles. The van der Waals surface area contributed by atoms with Gasteiger partial charge in [0.15, 0.2) is 11.3 Å². The van der Waals surface area contributed by atoms with Crippen LogP contribution in [0.3, 0.4) is 0 Å². The van der Waals surface area contributed by atoms with Gasteiger partial charge in [-0.2, -0.15) is 0 Å². The lowest BCUT2D eigenvalue weighted by atomic mass is 10.1. The highest BCUT2D eigenvalue weighted by Crippen LogP contribution is 2.27. The third kappa shape index (κ3) is 2.74. The number of carbonyl (C=O) groups is 2. The number of pyridine rings is 1. The standard InChI is InChI=1S/C16H15N3O5/c1-8(7-20)19-15-12(16(22)23)13(21)11(24-15)5-9-6-18-14-10(9)3-2-4-17-14/h2-6,8,19-20H,7H2,1H3,(H,17,18)(H,22,23). The molecule has 0 aliphatic carbocycles. The molecule has 24 heavy (non-hydrogen) atoms. The van der Waals surface area contributed by atoms with Gasteiger partial charge in [0, 0.05) is 29.4 Å². The van der Waals surface area contributed by atoms with Crippen LogP contribution in [0.1, 0.15) is 12.5 Å². The first-order valence-electron chi connectivity index (χ1n) is 7.22. The summed E-state index contributed by atoms with van der Waals surface area (Å²) in [4.78, 5) is 30.8. The maximum Gasteiger partial charge on any atom is 0.345 e. The van der Waals surface area contributed by atoms with Crippen molar-refractivity contribution in [3.8, 4) is 0 Å². The fourth-order valence-corrected chi connectivity index (χ4v) is 2.33. The maximum atomic E-state index is 12.3. The molecule has 8 heteroatoms. The molecule has 0 amide bonds. The summed E-state index contributed by atoms with van der Waals surface area (Å²) >= 11 is 0. The average Bonchev–Trinajstić information content (AvgIpc) is 3.09. The monoisotopic (exact) mass is 329 g/mol. The number of nitrogens with one attached hydrogen (secondary N) is 2. The molecule has 0 spiro atoms. The van der Waals surface area contributed by atoms with E-state index >= 15 is 0 Å². The van der Waals surface area contributed by atoms with Gasteiger partial charge >= 0.3 is 5.97 Å². The van der Waals surface area contributed by atoms with Crippen LogP contribution in [-0.4, -0.2) is 44.6 Å². The summed E-state index contributed by atoms with van der Waals surface area (Å²) in [5.74, 6) is -2.40. The lowest BCUT2D eigenvalue weighted by molar-refractivity contribution is -0.134. The van der Waals surface area contributed by atoms with Gasteiger partial charge in [-0.1, -0.05) is 0 Å². The van der Waals surface area contributed by atoms with Crippen molar-refractivity contribution in [3.63, 3.8) is 0 Å². The van der Waals surface area contributed by atoms with Crippen molar-refractivity contribution in [1.82, 2.24) is 15.3 Å². The number of carboxylic acids is 1. The fraction of sp³-hybridized carbons (Fsp3) is 0.188. The average molecular weight is 329 g/mol. The van der Waals surface area contributed by atoms with Gasteiger partial charge in [0.05, 0.1) is 6.61 Å². The van der Waals surface area contributed by atoms with Crippen LogP contribution in [0.5, 0.6) is 0 Å². The summed E-state index contributed by atoms with van der Waals surface area (Å²) in [5.41, 5.74) is 0.815. The second-order valence-corrected chi connectivity index (χ2v) is 5.32. The van der Waals surface area contributed by atoms with Crippen LogP contribution in [0.15, 0.2) is 41.7 Å². The van der Waals surface area contributed by atoms with Gasteiger partial charge in [0.2, 0.25) is 11.7 Å². The van der Waals surface area contributed by atoms with Crippen molar-refractivity contribution in [2.24, 2.45) is 0 Å². The number of aliphatic hydroxyl groups excluding tert-OH is 1. The van der Waals surface area contributed by atoms with Crippen LogP contribution < -0.4 is 5.32 Å². The molecule has 124 valence electrons. The van der Waals surface area contributed by atoms with Crippen molar-refractivity contribution < 1.29 is 24.5 Å². The topological polar surface area (TPSA) is 125 Å². The highest BCUT2D eigenvalue weighted by Gasteiger charge is 2.36. The second-order valence-electron chi connectivity index (χ2n) is 5.32. The van der Waals surface area contributed by atoms with Crippen LogP contribution >= 0.6 is 0 Å². The molecule has 0 fully saturated rings. The van der Waals surface area contributed by atoms with E-state index in [1.165, 1.54) is 6.08 Å². The maximum absolute atomic E-state index is 12.3. The van der Waals surface area contributed by atoms with E-state index in [1.54, 1.807) is 25.4 Å². The third-order valence-corrected chi connectivity index (χ3v) is 3.52. The number of ether oxygens (including phenoxy) is 1. The minimum absolute atomic E-state index is 0.107. The number of Topliss-reactive ketones (excluding diaryl/α,β-unsaturated/α-hetero) is 1. The van der Waals surface area contributed by atoms with Crippen molar-refractivity contribution in [1.29, 1.82) is 0 Å². The molecular weight excluding hydrogens is 314 g/mol. The number of nitrogens with zero attached hydrogens (tertiary/aromatic N) is 1. The van der Waals surface area contributed by atoms with Crippen molar-refractivity contribution in [2.45, 2.75) is 13.0 Å². The molecule has 2 aromatic rings. The van der Waals surface area contributed by atoms with E-state index in [9.17, 15) is 14.7 Å². The summed E-state index contributed by atoms with van der Waals surface area (Å²) in [7, 11) is 0. The molecule has 1 unspecified atom stereocenters. The normalized spacial score (nSPS) is 17.4. The van der Waals surface area contributed by atoms with Crippen LogP contribution in [0.25, 0.3) is 17.1 Å². The number of hydrogen-bond acceptors (Lipinski definition) is 6. The number of allylic oxidation sites excluding steroid dienone is 1. The summed E-state index contributed by atoms with van der Waals surface area (Å²) in [6, 6.07) is 3.12. The number of aromatic amines is 1. The van der Waals surface area contributed by atoms with E-state index in [1.807, 2.05) is 6.07 Å². The fourth-order valence-electron chi connectivity index (χ4n) is 2.33. The van der Waals surface area contributed by atoms with Crippen molar-refractivity contribution in [2.75, 3.05) is 6.61 Å². The van der Waals surface area contributed by atoms with E-state index < -0.39 is 23.4 Å². The zero-order valence-electron chi connectivity index (χ0n) is 12.7. The quantitative estimate of drug-likeness (QED) is 0.472. The van der Waals surface area contributed by atoms with Gasteiger partial charge in [-0.3, -0.25) is 4.79 Å². The first-order chi connectivity index (χ1) is 11.5. The van der Waals surface area contributed by atoms with Crippen molar-refractivity contribution >= 4 is 28.9 Å². The number of carbonyl (C=O) groups excluding carboxylic acids is 1. The Bertz CT molecular complexity index is 881. The molecule has 0 aromatic carbocycles. The van der Waals surface area contributed by atoms with Gasteiger partial charge in [0.1, 0.15) is 5.65 Å². The van der Waals surface area contributed by atoms with E-state index in [2.05, 4.69) is 15.3 Å². The molecule has 2 aromatic heterocycles. The minimum atomic E-state index is -1.39. The highest BCUT2D eigenvalue weighted by molar-refractivity contribution is 6.26. The van der Waals surface area contributed by atoms with E-state index in [0.29, 0.717) is 11.2 Å². The van der Waals surface area contributed by atoms with Crippen LogP contribution in [0.4, 0.5) is 0 Å². The number of aromatic nitrogens is 2. The van der Waals surface area contributed by atoms with Gasteiger partial charge in [0.25, 0.3) is 0 Å². The smallest absolute Gasteiger partial charge is 0.345 e. The Morgan fingerprint density at radius 3 is 3.04 bits per heavy atom. The molecule has 1 atom stereocenters. The molecule has 0 saturated heterocycles. The SMILES string of the molecule is CC(CO)NC1=C(C(=O)O)C(=O)C(=Cc2c[nH]c3ncccc23)O1. The van der Waals surface area contributed by atoms with Crippen LogP contribution in [0.2, 0.25) is 0 Å². The van der Waals surface area contributed by atoms with Gasteiger partial charge < -0.3 is 25.3 Å². The summed E-state index contributed by atoms with van der Waals surface area (Å²) in [6.45, 7) is 1.40. The van der Waals surface area contributed by atoms with Gasteiger partial charge in [-0.05, 0) is 25.1 Å². The largest absolute Gasteiger partial charge is 0.477 e. The number of aliphatic carboxylic acids is 1. The van der Waals surface area contributed by atoms with E-state index in [-0.39, 0.29) is 18.2 Å². The lowest BCUT2D eigenvalue weighted by Crippen LogP contribution is -2.30. The Labute approximate surface area is 136 Å². The number of carboxylic acid groups (broad SMARTS) is 1. The molecule has 3 heterocycles. The molecule has 0 bridgehead atoms. The molecule has 0 saturated carbocycles. The first-order valence-corrected chi connectivity index (χ1v) is 7.22. The summed E-state index contributed by atoms with van der Waals surface area (Å²) < 4.78 is 5.40. The summed E-state index contributed by atoms with van der Waals surface area (Å²) in [5, 5.41) is 21.8. The third-order valence-electron chi connectivity index (χ3n) is 3.52. The number of aliphatic hydroxyl groups is 1. The lowest BCUT2D eigenvalue weighted by Gasteiger charge is -2.12. The first kappa shape index (κ1) is 15.8. The predicted octanol–water partition coefficient (Wildman–Crippen LogP) is 0.770. The molecule has 3 rings (SSSR count). The molecular formula is C16H15N3O5. The second kappa shape index (κ2) is 6.17. The molecule has 8 nitrogen and oxygen atoms in total. The zero-order valence-corrected chi connectivity index (χ0v) is 12.7. The predicted molar refractivity (Wildman–Crippen MR) is 84.5 cm³/mol. The van der Waals surface area contributed by atoms with Crippen molar-refractivity contribution in [3.05, 3.63) is 47.3 Å². The zero-order chi connectivity index (χ0) is 17.3. The Morgan fingerprint density at radius 2 is 2.33 bits per heavy atom. The summed E-state index contributed by atoms with van der Waals surface area (Å²) in [6.07, 6.45) is 4.75. The molecule has 1 aliphatic rings.